The van der Waals surface area contributed by atoms with Gasteiger partial charge in [-0.05, 0) is 55.7 Å². The summed E-state index contributed by atoms with van der Waals surface area (Å²) in [6, 6.07) is 11.3. The van der Waals surface area contributed by atoms with Gasteiger partial charge in [0.1, 0.15) is 0 Å². The van der Waals surface area contributed by atoms with E-state index in [1.807, 2.05) is 21.9 Å². The van der Waals surface area contributed by atoms with E-state index in [0.717, 1.165) is 25.7 Å². The maximum atomic E-state index is 13.7. The Bertz CT molecular complexity index is 1120. The van der Waals surface area contributed by atoms with Crippen molar-refractivity contribution in [3.05, 3.63) is 59.3 Å². The Balaban J connectivity index is 1.38. The maximum absolute atomic E-state index is 13.7. The summed E-state index contributed by atoms with van der Waals surface area (Å²) < 4.78 is 5.13. The zero-order valence-corrected chi connectivity index (χ0v) is 20.8. The number of ether oxygens (including phenoxy) is 1. The maximum Gasteiger partial charge on any atom is 0.255 e. The van der Waals surface area contributed by atoms with Crippen LogP contribution in [-0.4, -0.2) is 65.3 Å². The Morgan fingerprint density at radius 2 is 1.86 bits per heavy atom. The van der Waals surface area contributed by atoms with E-state index in [4.69, 9.17) is 4.74 Å². The van der Waals surface area contributed by atoms with Crippen molar-refractivity contribution < 1.29 is 19.1 Å². The lowest BCUT2D eigenvalue weighted by atomic mass is 9.97. The van der Waals surface area contributed by atoms with Crippen molar-refractivity contribution in [3.63, 3.8) is 0 Å². The van der Waals surface area contributed by atoms with E-state index in [1.54, 1.807) is 12.1 Å². The molecule has 36 heavy (non-hydrogen) atoms. The molecule has 3 heterocycles. The number of methoxy groups -OCH3 is 1. The number of hydrogen-bond donors (Lipinski definition) is 1. The first-order valence-electron chi connectivity index (χ1n) is 13.0. The summed E-state index contributed by atoms with van der Waals surface area (Å²) >= 11 is 0. The second-order valence-electron chi connectivity index (χ2n) is 10.1. The smallest absolute Gasteiger partial charge is 0.255 e. The van der Waals surface area contributed by atoms with Gasteiger partial charge in [-0.2, -0.15) is 0 Å². The van der Waals surface area contributed by atoms with Gasteiger partial charge in [0.25, 0.3) is 5.91 Å². The van der Waals surface area contributed by atoms with Gasteiger partial charge >= 0.3 is 0 Å². The lowest BCUT2D eigenvalue weighted by molar-refractivity contribution is -0.136. The topological polar surface area (TPSA) is 91.8 Å². The SMILES string of the molecule is COc1ccc(C(=O)N2CCCCCNC(=O)[C@H]3C[C@H](C(=O)N4CCc5ccccc5C4)C[C@H]32)cn1. The second kappa shape index (κ2) is 10.7. The molecule has 3 amide bonds. The minimum absolute atomic E-state index is 0.0492. The Morgan fingerprint density at radius 3 is 2.64 bits per heavy atom. The molecule has 1 aromatic carbocycles. The summed E-state index contributed by atoms with van der Waals surface area (Å²) in [5.41, 5.74) is 2.96. The van der Waals surface area contributed by atoms with Gasteiger partial charge in [-0.1, -0.05) is 24.3 Å². The molecule has 0 unspecified atom stereocenters. The molecule has 190 valence electrons. The van der Waals surface area contributed by atoms with Crippen LogP contribution in [0, 0.1) is 11.8 Å². The predicted molar refractivity (Wildman–Crippen MR) is 134 cm³/mol. The van der Waals surface area contributed by atoms with E-state index in [-0.39, 0.29) is 29.7 Å². The quantitative estimate of drug-likeness (QED) is 0.715. The lowest BCUT2D eigenvalue weighted by Crippen LogP contribution is -2.48. The minimum Gasteiger partial charge on any atom is -0.481 e. The molecule has 1 aliphatic carbocycles. The Labute approximate surface area is 212 Å². The van der Waals surface area contributed by atoms with Crippen LogP contribution in [0.1, 0.15) is 53.6 Å². The third-order valence-corrected chi connectivity index (χ3v) is 7.89. The van der Waals surface area contributed by atoms with E-state index >= 15 is 0 Å². The summed E-state index contributed by atoms with van der Waals surface area (Å²) in [7, 11) is 1.54. The number of amides is 3. The number of fused-ring (bicyclic) bond motifs is 2. The van der Waals surface area contributed by atoms with Gasteiger partial charge in [0, 0.05) is 50.4 Å². The first kappa shape index (κ1) is 24.3. The van der Waals surface area contributed by atoms with Crippen molar-refractivity contribution >= 4 is 17.7 Å². The highest BCUT2D eigenvalue weighted by atomic mass is 16.5. The highest BCUT2D eigenvalue weighted by molar-refractivity contribution is 5.95. The molecule has 2 fully saturated rings. The van der Waals surface area contributed by atoms with Crippen LogP contribution in [0.25, 0.3) is 0 Å². The predicted octanol–water partition coefficient (Wildman–Crippen LogP) is 2.81. The van der Waals surface area contributed by atoms with Gasteiger partial charge in [-0.15, -0.1) is 0 Å². The molecule has 3 aliphatic rings. The number of rotatable bonds is 3. The van der Waals surface area contributed by atoms with E-state index in [9.17, 15) is 14.4 Å². The van der Waals surface area contributed by atoms with Gasteiger partial charge in [-0.3, -0.25) is 14.4 Å². The molecular weight excluding hydrogens is 456 g/mol. The molecule has 0 radical (unpaired) electrons. The first-order valence-corrected chi connectivity index (χ1v) is 13.0. The van der Waals surface area contributed by atoms with Crippen LogP contribution in [0.3, 0.4) is 0 Å². The summed E-state index contributed by atoms with van der Waals surface area (Å²) in [5, 5.41) is 3.06. The van der Waals surface area contributed by atoms with Gasteiger partial charge in [-0.25, -0.2) is 4.98 Å². The molecule has 2 aliphatic heterocycles. The van der Waals surface area contributed by atoms with Crippen LogP contribution in [0.2, 0.25) is 0 Å². The van der Waals surface area contributed by atoms with Gasteiger partial charge in [0.15, 0.2) is 0 Å². The molecule has 8 nitrogen and oxygen atoms in total. The molecular formula is C28H34N4O4. The lowest BCUT2D eigenvalue weighted by Gasteiger charge is -2.34. The molecule has 1 saturated heterocycles. The highest BCUT2D eigenvalue weighted by Crippen LogP contribution is 2.38. The highest BCUT2D eigenvalue weighted by Gasteiger charge is 2.47. The average molecular weight is 491 g/mol. The van der Waals surface area contributed by atoms with Crippen molar-refractivity contribution in [3.8, 4) is 5.88 Å². The zero-order valence-electron chi connectivity index (χ0n) is 20.8. The fourth-order valence-electron chi connectivity index (χ4n) is 5.92. The average Bonchev–Trinajstić information content (AvgIpc) is 3.37. The van der Waals surface area contributed by atoms with Gasteiger partial charge in [0.05, 0.1) is 18.6 Å². The number of hydrogen-bond acceptors (Lipinski definition) is 5. The Hall–Kier alpha value is -3.42. The van der Waals surface area contributed by atoms with Crippen LogP contribution >= 0.6 is 0 Å². The third-order valence-electron chi connectivity index (χ3n) is 7.89. The molecule has 3 atom stereocenters. The van der Waals surface area contributed by atoms with E-state index in [2.05, 4.69) is 22.4 Å². The first-order chi connectivity index (χ1) is 17.5. The Morgan fingerprint density at radius 1 is 1.03 bits per heavy atom. The Kier molecular flexibility index (Phi) is 7.20. The summed E-state index contributed by atoms with van der Waals surface area (Å²) in [4.78, 5) is 48.5. The molecule has 2 aromatic rings. The number of pyridine rings is 1. The van der Waals surface area contributed by atoms with Gasteiger partial charge < -0.3 is 19.9 Å². The summed E-state index contributed by atoms with van der Waals surface area (Å²) in [6.45, 7) is 2.50. The third kappa shape index (κ3) is 4.94. The standard InChI is InChI=1S/C28H34N4O4/c1-36-25-10-9-20(17-30-25)28(35)32-13-6-2-5-12-29-26(33)23-15-22(16-24(23)32)27(34)31-14-11-19-7-3-4-8-21(19)18-31/h3-4,7-10,17,22-24H,2,5-6,11-16,18H2,1H3,(H,29,33)/t22-,23-,24+/m0/s1. The molecule has 0 bridgehead atoms. The van der Waals surface area contributed by atoms with Gasteiger partial charge in [0.2, 0.25) is 17.7 Å². The van der Waals surface area contributed by atoms with Crippen LogP contribution < -0.4 is 10.1 Å². The number of nitrogens with zero attached hydrogens (tertiary/aromatic N) is 3. The van der Waals surface area contributed by atoms with E-state index in [0.29, 0.717) is 50.5 Å². The number of carbonyl (C=O) groups excluding carboxylic acids is 3. The van der Waals surface area contributed by atoms with Crippen molar-refractivity contribution in [1.82, 2.24) is 20.1 Å². The molecule has 1 N–H and O–H groups in total. The number of nitrogens with one attached hydrogen (secondary N) is 1. The monoisotopic (exact) mass is 490 g/mol. The largest absolute Gasteiger partial charge is 0.481 e. The van der Waals surface area contributed by atoms with Crippen LogP contribution in [0.15, 0.2) is 42.6 Å². The van der Waals surface area contributed by atoms with Crippen LogP contribution in [-0.2, 0) is 22.6 Å². The number of carbonyl (C=O) groups is 3. The zero-order chi connectivity index (χ0) is 25.1. The molecule has 5 rings (SSSR count). The summed E-state index contributed by atoms with van der Waals surface area (Å²) in [5.74, 6) is -0.330. The normalized spacial score (nSPS) is 24.4. The van der Waals surface area contributed by atoms with Crippen molar-refractivity contribution in [2.75, 3.05) is 26.7 Å². The van der Waals surface area contributed by atoms with Crippen LogP contribution in [0.4, 0.5) is 0 Å². The van der Waals surface area contributed by atoms with Crippen molar-refractivity contribution in [2.24, 2.45) is 11.8 Å². The van der Waals surface area contributed by atoms with Crippen molar-refractivity contribution in [1.29, 1.82) is 0 Å². The number of aromatic nitrogens is 1. The van der Waals surface area contributed by atoms with E-state index < -0.39 is 5.92 Å². The number of benzene rings is 1. The molecule has 1 saturated carbocycles. The fraction of sp³-hybridized carbons (Fsp3) is 0.500. The molecule has 1 aromatic heterocycles. The minimum atomic E-state index is -0.399. The fourth-order valence-corrected chi connectivity index (χ4v) is 5.92. The van der Waals surface area contributed by atoms with Crippen molar-refractivity contribution in [2.45, 2.75) is 51.1 Å². The molecule has 8 heteroatoms. The molecule has 0 spiro atoms. The summed E-state index contributed by atoms with van der Waals surface area (Å²) in [6.07, 6.45) is 6.01. The van der Waals surface area contributed by atoms with Crippen LogP contribution in [0.5, 0.6) is 5.88 Å². The second-order valence-corrected chi connectivity index (χ2v) is 10.1. The van der Waals surface area contributed by atoms with E-state index in [1.165, 1.54) is 24.4 Å².